The van der Waals surface area contributed by atoms with Gasteiger partial charge in [-0.3, -0.25) is 0 Å². The molecule has 1 heterocycles. The zero-order valence-electron chi connectivity index (χ0n) is 11.0. The largest absolute Gasteiger partial charge is 0.493 e. The molecule has 2 aromatic rings. The van der Waals surface area contributed by atoms with Crippen LogP contribution in [0.1, 0.15) is 29.1 Å². The lowest BCUT2D eigenvalue weighted by Crippen LogP contribution is -2.06. The van der Waals surface area contributed by atoms with E-state index in [2.05, 4.69) is 20.9 Å². The number of rotatable bonds is 5. The molecular formula is C14H17BrN2OS. The van der Waals surface area contributed by atoms with Crippen LogP contribution in [0.3, 0.4) is 0 Å². The normalized spacial score (nSPS) is 12.4. The van der Waals surface area contributed by atoms with E-state index in [1.54, 1.807) is 11.3 Å². The molecule has 0 saturated heterocycles. The van der Waals surface area contributed by atoms with Crippen molar-refractivity contribution in [3.8, 4) is 5.75 Å². The number of nitrogens with two attached hydrogens (primary N) is 1. The van der Waals surface area contributed by atoms with Crippen LogP contribution in [0.15, 0.2) is 28.2 Å². The Labute approximate surface area is 125 Å². The summed E-state index contributed by atoms with van der Waals surface area (Å²) in [6.07, 6.45) is 0.892. The molecule has 0 bridgehead atoms. The predicted molar refractivity (Wildman–Crippen MR) is 82.8 cm³/mol. The number of aryl methyl sites for hydroxylation is 1. The molecule has 1 atom stereocenters. The van der Waals surface area contributed by atoms with Crippen molar-refractivity contribution >= 4 is 27.3 Å². The zero-order valence-corrected chi connectivity index (χ0v) is 13.4. The Morgan fingerprint density at radius 2 is 2.26 bits per heavy atom. The SMILES string of the molecule is Cc1ncsc1CCOc1ccc([C@H](C)N)c(Br)c1. The lowest BCUT2D eigenvalue weighted by molar-refractivity contribution is 0.322. The molecular weight excluding hydrogens is 324 g/mol. The molecule has 19 heavy (non-hydrogen) atoms. The van der Waals surface area contributed by atoms with Gasteiger partial charge in [-0.1, -0.05) is 22.0 Å². The smallest absolute Gasteiger partial charge is 0.120 e. The van der Waals surface area contributed by atoms with E-state index in [1.165, 1.54) is 4.88 Å². The van der Waals surface area contributed by atoms with Gasteiger partial charge in [0.25, 0.3) is 0 Å². The van der Waals surface area contributed by atoms with Crippen LogP contribution in [-0.2, 0) is 6.42 Å². The van der Waals surface area contributed by atoms with E-state index in [0.717, 1.165) is 27.9 Å². The van der Waals surface area contributed by atoms with Gasteiger partial charge in [-0.15, -0.1) is 11.3 Å². The van der Waals surface area contributed by atoms with Crippen LogP contribution in [0, 0.1) is 6.92 Å². The third kappa shape index (κ3) is 3.78. The molecule has 2 N–H and O–H groups in total. The first-order chi connectivity index (χ1) is 9.08. The first kappa shape index (κ1) is 14.5. The summed E-state index contributed by atoms with van der Waals surface area (Å²) in [6, 6.07) is 5.95. The number of halogens is 1. The van der Waals surface area contributed by atoms with Gasteiger partial charge in [0.05, 0.1) is 17.8 Å². The molecule has 0 spiro atoms. The number of nitrogens with zero attached hydrogens (tertiary/aromatic N) is 1. The van der Waals surface area contributed by atoms with Crippen LogP contribution in [-0.4, -0.2) is 11.6 Å². The van der Waals surface area contributed by atoms with Gasteiger partial charge in [0, 0.05) is 21.8 Å². The maximum absolute atomic E-state index is 5.87. The summed E-state index contributed by atoms with van der Waals surface area (Å²) in [5.74, 6) is 0.860. The van der Waals surface area contributed by atoms with Crippen LogP contribution in [0.4, 0.5) is 0 Å². The summed E-state index contributed by atoms with van der Waals surface area (Å²) in [5.41, 5.74) is 9.93. The summed E-state index contributed by atoms with van der Waals surface area (Å²) < 4.78 is 6.75. The van der Waals surface area contributed by atoms with Crippen molar-refractivity contribution in [2.75, 3.05) is 6.61 Å². The molecule has 0 radical (unpaired) electrons. The molecule has 0 aliphatic carbocycles. The number of ether oxygens (including phenoxy) is 1. The minimum Gasteiger partial charge on any atom is -0.493 e. The highest BCUT2D eigenvalue weighted by Crippen LogP contribution is 2.26. The molecule has 1 aromatic heterocycles. The van der Waals surface area contributed by atoms with E-state index in [1.807, 2.05) is 37.6 Å². The highest BCUT2D eigenvalue weighted by molar-refractivity contribution is 9.10. The van der Waals surface area contributed by atoms with Crippen molar-refractivity contribution in [2.45, 2.75) is 26.3 Å². The highest BCUT2D eigenvalue weighted by Gasteiger charge is 2.07. The van der Waals surface area contributed by atoms with Crippen molar-refractivity contribution in [3.05, 3.63) is 44.3 Å². The van der Waals surface area contributed by atoms with Crippen LogP contribution >= 0.6 is 27.3 Å². The number of aromatic nitrogens is 1. The Bertz CT molecular complexity index is 554. The standard InChI is InChI=1S/C14H17BrN2OS/c1-9(16)12-4-3-11(7-13(12)15)18-6-5-14-10(2)17-8-19-14/h3-4,7-9H,5-6,16H2,1-2H3/t9-/m0/s1. The predicted octanol–water partition coefficient (Wildman–Crippen LogP) is 3.86. The Balaban J connectivity index is 1.93. The van der Waals surface area contributed by atoms with Gasteiger partial charge in [0.15, 0.2) is 0 Å². The van der Waals surface area contributed by atoms with E-state index in [4.69, 9.17) is 10.5 Å². The quantitative estimate of drug-likeness (QED) is 0.898. The van der Waals surface area contributed by atoms with E-state index >= 15 is 0 Å². The van der Waals surface area contributed by atoms with Gasteiger partial charge in [0.2, 0.25) is 0 Å². The Morgan fingerprint density at radius 1 is 1.47 bits per heavy atom. The average molecular weight is 341 g/mol. The molecule has 5 heteroatoms. The van der Waals surface area contributed by atoms with Crippen molar-refractivity contribution in [3.63, 3.8) is 0 Å². The molecule has 1 aromatic carbocycles. The maximum Gasteiger partial charge on any atom is 0.120 e. The highest BCUT2D eigenvalue weighted by atomic mass is 79.9. The van der Waals surface area contributed by atoms with Crippen LogP contribution < -0.4 is 10.5 Å². The Hall–Kier alpha value is -0.910. The van der Waals surface area contributed by atoms with Crippen molar-refractivity contribution in [1.29, 1.82) is 0 Å². The molecule has 3 nitrogen and oxygen atoms in total. The number of hydrogen-bond acceptors (Lipinski definition) is 4. The molecule has 0 saturated carbocycles. The van der Waals surface area contributed by atoms with Crippen molar-refractivity contribution in [2.24, 2.45) is 5.73 Å². The van der Waals surface area contributed by atoms with Crippen LogP contribution in [0.5, 0.6) is 5.75 Å². The summed E-state index contributed by atoms with van der Waals surface area (Å²) >= 11 is 5.20. The Morgan fingerprint density at radius 3 is 2.84 bits per heavy atom. The second-order valence-corrected chi connectivity index (χ2v) is 6.23. The number of benzene rings is 1. The second kappa shape index (κ2) is 6.50. The second-order valence-electron chi connectivity index (χ2n) is 4.43. The third-order valence-electron chi connectivity index (χ3n) is 2.91. The van der Waals surface area contributed by atoms with Crippen molar-refractivity contribution in [1.82, 2.24) is 4.98 Å². The summed E-state index contributed by atoms with van der Waals surface area (Å²) in [7, 11) is 0. The van der Waals surface area contributed by atoms with Gasteiger partial charge >= 0.3 is 0 Å². The molecule has 2 rings (SSSR count). The fourth-order valence-electron chi connectivity index (χ4n) is 1.79. The minimum absolute atomic E-state index is 0.0169. The van der Waals surface area contributed by atoms with E-state index in [0.29, 0.717) is 6.61 Å². The van der Waals surface area contributed by atoms with E-state index in [-0.39, 0.29) is 6.04 Å². The average Bonchev–Trinajstić information content (AvgIpc) is 2.75. The molecule has 102 valence electrons. The monoisotopic (exact) mass is 340 g/mol. The van der Waals surface area contributed by atoms with E-state index in [9.17, 15) is 0 Å². The maximum atomic E-state index is 5.87. The van der Waals surface area contributed by atoms with E-state index < -0.39 is 0 Å². The lowest BCUT2D eigenvalue weighted by atomic mass is 10.1. The summed E-state index contributed by atoms with van der Waals surface area (Å²) in [5, 5.41) is 0. The number of thiazole rings is 1. The van der Waals surface area contributed by atoms with Gasteiger partial charge in [-0.2, -0.15) is 0 Å². The molecule has 0 aliphatic heterocycles. The van der Waals surface area contributed by atoms with Crippen molar-refractivity contribution < 1.29 is 4.74 Å². The fourth-order valence-corrected chi connectivity index (χ4v) is 3.28. The zero-order chi connectivity index (χ0) is 13.8. The first-order valence-corrected chi connectivity index (χ1v) is 7.82. The molecule has 0 unspecified atom stereocenters. The van der Waals surface area contributed by atoms with Crippen LogP contribution in [0.25, 0.3) is 0 Å². The van der Waals surface area contributed by atoms with Crippen LogP contribution in [0.2, 0.25) is 0 Å². The van der Waals surface area contributed by atoms with Gasteiger partial charge in [-0.05, 0) is 31.5 Å². The van der Waals surface area contributed by atoms with Gasteiger partial charge < -0.3 is 10.5 Å². The summed E-state index contributed by atoms with van der Waals surface area (Å²) in [6.45, 7) is 4.65. The lowest BCUT2D eigenvalue weighted by Gasteiger charge is -2.11. The molecule has 0 fully saturated rings. The molecule has 0 aliphatic rings. The topological polar surface area (TPSA) is 48.1 Å². The first-order valence-electron chi connectivity index (χ1n) is 6.14. The van der Waals surface area contributed by atoms with Gasteiger partial charge in [-0.25, -0.2) is 4.98 Å². The van der Waals surface area contributed by atoms with Gasteiger partial charge in [0.1, 0.15) is 5.75 Å². The third-order valence-corrected chi connectivity index (χ3v) is 4.59. The fraction of sp³-hybridized carbons (Fsp3) is 0.357. The Kier molecular flexibility index (Phi) is 4.96. The molecule has 0 amide bonds. The number of hydrogen-bond donors (Lipinski definition) is 1. The minimum atomic E-state index is 0.0169. The summed E-state index contributed by atoms with van der Waals surface area (Å²) in [4.78, 5) is 5.51.